The van der Waals surface area contributed by atoms with Crippen molar-refractivity contribution in [3.05, 3.63) is 64.1 Å². The van der Waals surface area contributed by atoms with Crippen LogP contribution < -0.4 is 9.62 Å². The normalized spacial score (nSPS) is 12.7. The summed E-state index contributed by atoms with van der Waals surface area (Å²) in [5.74, 6) is -0.887. The van der Waals surface area contributed by atoms with Crippen LogP contribution in [0.4, 0.5) is 5.69 Å². The summed E-state index contributed by atoms with van der Waals surface area (Å²) in [6.45, 7) is 6.73. The van der Waals surface area contributed by atoms with Crippen molar-refractivity contribution in [3.63, 3.8) is 0 Å². The molecule has 2 rings (SSSR count). The van der Waals surface area contributed by atoms with Crippen LogP contribution in [0.15, 0.2) is 48.5 Å². The Bertz CT molecular complexity index is 1100. The van der Waals surface area contributed by atoms with Gasteiger partial charge in [-0.3, -0.25) is 13.9 Å². The van der Waals surface area contributed by atoms with E-state index >= 15 is 0 Å². The van der Waals surface area contributed by atoms with E-state index in [0.29, 0.717) is 21.3 Å². The van der Waals surface area contributed by atoms with Crippen LogP contribution >= 0.6 is 23.2 Å². The molecule has 0 aliphatic heterocycles. The number of hydrogen-bond donors (Lipinski definition) is 1. The van der Waals surface area contributed by atoms with Gasteiger partial charge < -0.3 is 10.2 Å². The van der Waals surface area contributed by atoms with Gasteiger partial charge in [0.1, 0.15) is 12.6 Å². The third-order valence-electron chi connectivity index (χ3n) is 4.70. The van der Waals surface area contributed by atoms with Gasteiger partial charge in [-0.15, -0.1) is 0 Å². The minimum absolute atomic E-state index is 0.0797. The quantitative estimate of drug-likeness (QED) is 0.575. The monoisotopic (exact) mass is 513 g/mol. The molecule has 2 aromatic rings. The van der Waals surface area contributed by atoms with Crippen LogP contribution in [-0.2, 0) is 26.2 Å². The van der Waals surface area contributed by atoms with E-state index in [-0.39, 0.29) is 12.5 Å². The second-order valence-corrected chi connectivity index (χ2v) is 11.6. The summed E-state index contributed by atoms with van der Waals surface area (Å²) < 4.78 is 26.0. The highest BCUT2D eigenvalue weighted by molar-refractivity contribution is 7.92. The lowest BCUT2D eigenvalue weighted by molar-refractivity contribution is -0.140. The van der Waals surface area contributed by atoms with Gasteiger partial charge in [0.2, 0.25) is 21.8 Å². The molecule has 0 aliphatic rings. The van der Waals surface area contributed by atoms with Gasteiger partial charge in [0.15, 0.2) is 0 Å². The first-order valence-corrected chi connectivity index (χ1v) is 12.9. The summed E-state index contributed by atoms with van der Waals surface area (Å²) >= 11 is 12.0. The molecule has 0 radical (unpaired) electrons. The molecular formula is C23H29Cl2N3O4S. The summed E-state index contributed by atoms with van der Waals surface area (Å²) in [5, 5.41) is 3.80. The first-order chi connectivity index (χ1) is 15.2. The predicted molar refractivity (Wildman–Crippen MR) is 133 cm³/mol. The van der Waals surface area contributed by atoms with Crippen molar-refractivity contribution in [1.82, 2.24) is 10.2 Å². The number of anilines is 1. The van der Waals surface area contributed by atoms with Crippen LogP contribution in [0.25, 0.3) is 0 Å². The highest BCUT2D eigenvalue weighted by atomic mass is 35.5. The number of rotatable bonds is 8. The molecule has 0 fully saturated rings. The first-order valence-electron chi connectivity index (χ1n) is 10.3. The van der Waals surface area contributed by atoms with Crippen molar-refractivity contribution in [2.75, 3.05) is 17.1 Å². The minimum Gasteiger partial charge on any atom is -0.350 e. The summed E-state index contributed by atoms with van der Waals surface area (Å²) in [7, 11) is -3.79. The lowest BCUT2D eigenvalue weighted by Gasteiger charge is -2.33. The Labute approximate surface area is 205 Å². The van der Waals surface area contributed by atoms with Crippen molar-refractivity contribution in [1.29, 1.82) is 0 Å². The predicted octanol–water partition coefficient (Wildman–Crippen LogP) is 4.09. The Kier molecular flexibility index (Phi) is 8.79. The standard InChI is InChI=1S/C23H29Cl2N3O4S/c1-16(22(30)26-23(2,3)4)27(14-17-7-6-8-19(25)13-17)21(29)15-28(33(5,31)32)20-11-9-18(24)10-12-20/h6-13,16H,14-15H2,1-5H3,(H,26,30). The zero-order valence-electron chi connectivity index (χ0n) is 19.3. The van der Waals surface area contributed by atoms with Gasteiger partial charge in [0, 0.05) is 22.1 Å². The van der Waals surface area contributed by atoms with E-state index in [1.165, 1.54) is 17.0 Å². The number of halogens is 2. The first kappa shape index (κ1) is 27.0. The molecule has 0 bridgehead atoms. The maximum atomic E-state index is 13.4. The van der Waals surface area contributed by atoms with E-state index in [0.717, 1.165) is 10.6 Å². The van der Waals surface area contributed by atoms with Gasteiger partial charge in [-0.05, 0) is 69.7 Å². The highest BCUT2D eigenvalue weighted by Crippen LogP contribution is 2.22. The smallest absolute Gasteiger partial charge is 0.244 e. The summed E-state index contributed by atoms with van der Waals surface area (Å²) in [5.41, 5.74) is 0.506. The fraction of sp³-hybridized carbons (Fsp3) is 0.391. The third kappa shape index (κ3) is 8.21. The molecule has 1 unspecified atom stereocenters. The van der Waals surface area contributed by atoms with Crippen molar-refractivity contribution in [2.45, 2.75) is 45.8 Å². The average Bonchev–Trinajstić information content (AvgIpc) is 2.68. The third-order valence-corrected chi connectivity index (χ3v) is 6.33. The zero-order chi connectivity index (χ0) is 25.0. The van der Waals surface area contributed by atoms with Crippen molar-refractivity contribution < 1.29 is 18.0 Å². The summed E-state index contributed by atoms with van der Waals surface area (Å²) in [6, 6.07) is 12.2. The average molecular weight is 514 g/mol. The molecular weight excluding hydrogens is 485 g/mol. The van der Waals surface area contributed by atoms with Gasteiger partial charge in [-0.1, -0.05) is 35.3 Å². The van der Waals surface area contributed by atoms with Crippen molar-refractivity contribution >= 4 is 50.7 Å². The van der Waals surface area contributed by atoms with Gasteiger partial charge >= 0.3 is 0 Å². The van der Waals surface area contributed by atoms with Gasteiger partial charge in [-0.25, -0.2) is 8.42 Å². The summed E-state index contributed by atoms with van der Waals surface area (Å²) in [6.07, 6.45) is 1.02. The number of hydrogen-bond acceptors (Lipinski definition) is 4. The minimum atomic E-state index is -3.79. The van der Waals surface area contributed by atoms with Crippen LogP contribution in [0.1, 0.15) is 33.3 Å². The van der Waals surface area contributed by atoms with E-state index in [9.17, 15) is 18.0 Å². The van der Waals surface area contributed by atoms with E-state index in [2.05, 4.69) is 5.32 Å². The molecule has 0 heterocycles. The number of benzene rings is 2. The molecule has 7 nitrogen and oxygen atoms in total. The Morgan fingerprint density at radius 3 is 2.15 bits per heavy atom. The second-order valence-electron chi connectivity index (χ2n) is 8.81. The fourth-order valence-electron chi connectivity index (χ4n) is 3.11. The largest absolute Gasteiger partial charge is 0.350 e. The van der Waals surface area contributed by atoms with Crippen LogP contribution in [0.5, 0.6) is 0 Å². The molecule has 33 heavy (non-hydrogen) atoms. The lowest BCUT2D eigenvalue weighted by atomic mass is 10.1. The van der Waals surface area contributed by atoms with Crippen molar-refractivity contribution in [2.24, 2.45) is 0 Å². The van der Waals surface area contributed by atoms with Crippen LogP contribution in [0, 0.1) is 0 Å². The number of carbonyl (C=O) groups is 2. The van der Waals surface area contributed by atoms with Crippen LogP contribution in [-0.4, -0.2) is 49.5 Å². The van der Waals surface area contributed by atoms with Crippen molar-refractivity contribution in [3.8, 4) is 0 Å². The molecule has 180 valence electrons. The Morgan fingerprint density at radius 1 is 1.03 bits per heavy atom. The van der Waals surface area contributed by atoms with Gasteiger partial charge in [-0.2, -0.15) is 0 Å². The van der Waals surface area contributed by atoms with E-state index in [1.807, 2.05) is 20.8 Å². The van der Waals surface area contributed by atoms with E-state index in [4.69, 9.17) is 23.2 Å². The molecule has 0 aromatic heterocycles. The zero-order valence-corrected chi connectivity index (χ0v) is 21.6. The Morgan fingerprint density at radius 2 is 1.64 bits per heavy atom. The lowest BCUT2D eigenvalue weighted by Crippen LogP contribution is -2.54. The number of nitrogens with zero attached hydrogens (tertiary/aromatic N) is 2. The summed E-state index contributed by atoms with van der Waals surface area (Å²) in [4.78, 5) is 27.6. The molecule has 10 heteroatoms. The molecule has 0 spiro atoms. The molecule has 2 amide bonds. The fourth-order valence-corrected chi connectivity index (χ4v) is 4.30. The second kappa shape index (κ2) is 10.8. The van der Waals surface area contributed by atoms with E-state index in [1.54, 1.807) is 43.3 Å². The maximum Gasteiger partial charge on any atom is 0.244 e. The molecule has 0 saturated carbocycles. The SMILES string of the molecule is CC(C(=O)NC(C)(C)C)N(Cc1cccc(Cl)c1)C(=O)CN(c1ccc(Cl)cc1)S(C)(=O)=O. The number of carbonyl (C=O) groups excluding carboxylic acids is 2. The maximum absolute atomic E-state index is 13.4. The topological polar surface area (TPSA) is 86.8 Å². The molecule has 0 saturated heterocycles. The van der Waals surface area contributed by atoms with E-state index < -0.39 is 34.1 Å². The molecule has 2 aromatic carbocycles. The Hall–Kier alpha value is -2.29. The molecule has 0 aliphatic carbocycles. The highest BCUT2D eigenvalue weighted by Gasteiger charge is 2.31. The number of sulfonamides is 1. The number of amides is 2. The Balaban J connectivity index is 2.39. The molecule has 1 atom stereocenters. The van der Waals surface area contributed by atoms with Crippen LogP contribution in [0.3, 0.4) is 0 Å². The van der Waals surface area contributed by atoms with Gasteiger partial charge in [0.25, 0.3) is 0 Å². The van der Waals surface area contributed by atoms with Gasteiger partial charge in [0.05, 0.1) is 11.9 Å². The number of nitrogens with one attached hydrogen (secondary N) is 1. The van der Waals surface area contributed by atoms with Crippen LogP contribution in [0.2, 0.25) is 10.0 Å². The molecule has 1 N–H and O–H groups in total.